The summed E-state index contributed by atoms with van der Waals surface area (Å²) in [6.07, 6.45) is 0.659. The number of nitrogens with one attached hydrogen (secondary N) is 2. The summed E-state index contributed by atoms with van der Waals surface area (Å²) in [4.78, 5) is 24.7. The molecular weight excluding hydrogens is 206 g/mol. The lowest BCUT2D eigenvalue weighted by atomic mass is 10.0. The fourth-order valence-corrected chi connectivity index (χ4v) is 1.41. The molecule has 1 atom stereocenters. The van der Waals surface area contributed by atoms with Crippen molar-refractivity contribution in [1.82, 2.24) is 15.5 Å². The highest BCUT2D eigenvalue weighted by Gasteiger charge is 2.22. The maximum atomic E-state index is 11.8. The van der Waals surface area contributed by atoms with Gasteiger partial charge in [-0.2, -0.15) is 0 Å². The molecule has 5 nitrogen and oxygen atoms in total. The van der Waals surface area contributed by atoms with E-state index in [1.54, 1.807) is 21.1 Å². The molecule has 0 bridgehead atoms. The van der Waals surface area contributed by atoms with E-state index in [0.717, 1.165) is 0 Å². The van der Waals surface area contributed by atoms with Crippen LogP contribution in [0.1, 0.15) is 20.3 Å². The summed E-state index contributed by atoms with van der Waals surface area (Å²) in [6.45, 7) is 4.29. The molecule has 94 valence electrons. The summed E-state index contributed by atoms with van der Waals surface area (Å²) in [5.74, 6) is 0.158. The first kappa shape index (κ1) is 14.9. The SMILES string of the molecule is CNCC(=O)NC(CC(C)C)C(=O)N(C)C. The molecule has 0 aliphatic carbocycles. The fraction of sp³-hybridized carbons (Fsp3) is 0.818. The number of nitrogens with zero attached hydrogens (tertiary/aromatic N) is 1. The highest BCUT2D eigenvalue weighted by atomic mass is 16.2. The molecule has 1 unspecified atom stereocenters. The van der Waals surface area contributed by atoms with E-state index in [2.05, 4.69) is 10.6 Å². The van der Waals surface area contributed by atoms with Crippen LogP contribution in [0, 0.1) is 5.92 Å². The second kappa shape index (κ2) is 7.22. The Bertz CT molecular complexity index is 239. The van der Waals surface area contributed by atoms with Gasteiger partial charge in [-0.1, -0.05) is 13.8 Å². The van der Waals surface area contributed by atoms with Gasteiger partial charge in [-0.3, -0.25) is 9.59 Å². The molecule has 2 amide bonds. The Balaban J connectivity index is 4.43. The number of likely N-dealkylation sites (N-methyl/N-ethyl adjacent to an activating group) is 2. The Kier molecular flexibility index (Phi) is 6.72. The Morgan fingerprint density at radius 1 is 1.25 bits per heavy atom. The van der Waals surface area contributed by atoms with Gasteiger partial charge in [-0.25, -0.2) is 0 Å². The van der Waals surface area contributed by atoms with E-state index >= 15 is 0 Å². The lowest BCUT2D eigenvalue weighted by molar-refractivity contribution is -0.134. The lowest BCUT2D eigenvalue weighted by Gasteiger charge is -2.23. The van der Waals surface area contributed by atoms with Crippen molar-refractivity contribution in [3.05, 3.63) is 0 Å². The maximum absolute atomic E-state index is 11.8. The summed E-state index contributed by atoms with van der Waals surface area (Å²) in [7, 11) is 5.09. The predicted octanol–water partition coefficient (Wildman–Crippen LogP) is -0.175. The van der Waals surface area contributed by atoms with Crippen molar-refractivity contribution in [2.45, 2.75) is 26.3 Å². The van der Waals surface area contributed by atoms with Gasteiger partial charge >= 0.3 is 0 Å². The molecule has 0 saturated carbocycles. The van der Waals surface area contributed by atoms with Crippen LogP contribution in [-0.2, 0) is 9.59 Å². The van der Waals surface area contributed by atoms with Gasteiger partial charge in [-0.05, 0) is 19.4 Å². The second-order valence-corrected chi connectivity index (χ2v) is 4.51. The molecule has 0 heterocycles. The number of carbonyl (C=O) groups excluding carboxylic acids is 2. The van der Waals surface area contributed by atoms with Crippen molar-refractivity contribution in [3.8, 4) is 0 Å². The van der Waals surface area contributed by atoms with Crippen molar-refractivity contribution in [1.29, 1.82) is 0 Å². The van der Waals surface area contributed by atoms with Crippen LogP contribution in [0.25, 0.3) is 0 Å². The average Bonchev–Trinajstić information content (AvgIpc) is 2.15. The van der Waals surface area contributed by atoms with Gasteiger partial charge in [-0.15, -0.1) is 0 Å². The van der Waals surface area contributed by atoms with E-state index in [4.69, 9.17) is 0 Å². The first-order valence-corrected chi connectivity index (χ1v) is 5.53. The molecule has 16 heavy (non-hydrogen) atoms. The highest BCUT2D eigenvalue weighted by Crippen LogP contribution is 2.06. The molecule has 0 saturated heterocycles. The summed E-state index contributed by atoms with van der Waals surface area (Å²) in [5, 5.41) is 5.50. The van der Waals surface area contributed by atoms with Gasteiger partial charge in [0.1, 0.15) is 6.04 Å². The van der Waals surface area contributed by atoms with Gasteiger partial charge < -0.3 is 15.5 Å². The molecule has 0 aromatic heterocycles. The summed E-state index contributed by atoms with van der Waals surface area (Å²) in [6, 6.07) is -0.421. The van der Waals surface area contributed by atoms with Crippen molar-refractivity contribution in [2.75, 3.05) is 27.7 Å². The molecule has 0 aromatic rings. The van der Waals surface area contributed by atoms with Crippen LogP contribution in [-0.4, -0.2) is 50.4 Å². The third-order valence-corrected chi connectivity index (χ3v) is 2.12. The zero-order valence-electron chi connectivity index (χ0n) is 10.8. The number of hydrogen-bond donors (Lipinski definition) is 2. The van der Waals surface area contributed by atoms with Crippen molar-refractivity contribution in [3.63, 3.8) is 0 Å². The molecule has 0 rings (SSSR count). The average molecular weight is 229 g/mol. The summed E-state index contributed by atoms with van der Waals surface area (Å²) >= 11 is 0. The van der Waals surface area contributed by atoms with Crippen LogP contribution < -0.4 is 10.6 Å². The van der Waals surface area contributed by atoms with Crippen LogP contribution in [0.3, 0.4) is 0 Å². The van der Waals surface area contributed by atoms with Gasteiger partial charge in [0.25, 0.3) is 0 Å². The van der Waals surface area contributed by atoms with Crippen molar-refractivity contribution < 1.29 is 9.59 Å². The second-order valence-electron chi connectivity index (χ2n) is 4.51. The van der Waals surface area contributed by atoms with Gasteiger partial charge in [0, 0.05) is 14.1 Å². The largest absolute Gasteiger partial charge is 0.347 e. The zero-order chi connectivity index (χ0) is 12.7. The minimum Gasteiger partial charge on any atom is -0.347 e. The van der Waals surface area contributed by atoms with Crippen molar-refractivity contribution in [2.24, 2.45) is 5.92 Å². The van der Waals surface area contributed by atoms with Crippen LogP contribution in [0.2, 0.25) is 0 Å². The first-order valence-electron chi connectivity index (χ1n) is 5.53. The van der Waals surface area contributed by atoms with Crippen molar-refractivity contribution >= 4 is 11.8 Å². The molecule has 0 aliphatic heterocycles. The zero-order valence-corrected chi connectivity index (χ0v) is 10.8. The normalized spacial score (nSPS) is 12.4. The van der Waals surface area contributed by atoms with E-state index < -0.39 is 6.04 Å². The number of rotatable bonds is 6. The van der Waals surface area contributed by atoms with Crippen LogP contribution in [0.15, 0.2) is 0 Å². The van der Waals surface area contributed by atoms with E-state index in [1.807, 2.05) is 13.8 Å². The smallest absolute Gasteiger partial charge is 0.244 e. The summed E-state index contributed by atoms with van der Waals surface area (Å²) in [5.41, 5.74) is 0. The predicted molar refractivity (Wildman–Crippen MR) is 64.0 cm³/mol. The minimum absolute atomic E-state index is 0.0573. The molecule has 0 aromatic carbocycles. The topological polar surface area (TPSA) is 61.4 Å². The number of carbonyl (C=O) groups is 2. The Morgan fingerprint density at radius 2 is 1.81 bits per heavy atom. The molecule has 0 radical (unpaired) electrons. The molecule has 5 heteroatoms. The molecule has 0 spiro atoms. The first-order chi connectivity index (χ1) is 7.38. The van der Waals surface area contributed by atoms with E-state index in [9.17, 15) is 9.59 Å². The lowest BCUT2D eigenvalue weighted by Crippen LogP contribution is -2.48. The van der Waals surface area contributed by atoms with Crippen LogP contribution >= 0.6 is 0 Å². The van der Waals surface area contributed by atoms with Gasteiger partial charge in [0.05, 0.1) is 6.54 Å². The third kappa shape index (κ3) is 5.70. The summed E-state index contributed by atoms with van der Waals surface area (Å²) < 4.78 is 0. The van der Waals surface area contributed by atoms with Crippen LogP contribution in [0.4, 0.5) is 0 Å². The minimum atomic E-state index is -0.421. The van der Waals surface area contributed by atoms with Crippen LogP contribution in [0.5, 0.6) is 0 Å². The van der Waals surface area contributed by atoms with E-state index in [1.165, 1.54) is 4.90 Å². The third-order valence-electron chi connectivity index (χ3n) is 2.12. The Labute approximate surface area is 97.6 Å². The van der Waals surface area contributed by atoms with E-state index in [0.29, 0.717) is 12.3 Å². The number of amides is 2. The quantitative estimate of drug-likeness (QED) is 0.664. The van der Waals surface area contributed by atoms with Gasteiger partial charge in [0.15, 0.2) is 0 Å². The molecule has 0 fully saturated rings. The van der Waals surface area contributed by atoms with E-state index in [-0.39, 0.29) is 18.4 Å². The maximum Gasteiger partial charge on any atom is 0.244 e. The standard InChI is InChI=1S/C11H23N3O2/c1-8(2)6-9(11(16)14(4)5)13-10(15)7-12-3/h8-9,12H,6-7H2,1-5H3,(H,13,15). The highest BCUT2D eigenvalue weighted by molar-refractivity contribution is 5.88. The molecule has 0 aliphatic rings. The number of hydrogen-bond acceptors (Lipinski definition) is 3. The van der Waals surface area contributed by atoms with Gasteiger partial charge in [0.2, 0.25) is 11.8 Å². The Morgan fingerprint density at radius 3 is 2.19 bits per heavy atom. The molecular formula is C11H23N3O2. The Hall–Kier alpha value is -1.10. The monoisotopic (exact) mass is 229 g/mol. The fourth-order valence-electron chi connectivity index (χ4n) is 1.41. The molecule has 2 N–H and O–H groups in total.